The third-order valence-corrected chi connectivity index (χ3v) is 3.35. The smallest absolute Gasteiger partial charge is 0.308 e. The minimum Gasteiger partial charge on any atom is -0.348 e. The highest BCUT2D eigenvalue weighted by Crippen LogP contribution is 2.23. The van der Waals surface area contributed by atoms with Gasteiger partial charge in [0.05, 0.1) is 16.6 Å². The van der Waals surface area contributed by atoms with E-state index in [9.17, 15) is 23.7 Å². The number of nitrogens with zero attached hydrogens (tertiary/aromatic N) is 1. The van der Waals surface area contributed by atoms with Crippen LogP contribution in [0.25, 0.3) is 0 Å². The molecule has 0 spiro atoms. The van der Waals surface area contributed by atoms with Crippen molar-refractivity contribution in [2.75, 3.05) is 0 Å². The van der Waals surface area contributed by atoms with E-state index in [1.54, 1.807) is 0 Å². The fraction of sp³-hybridized carbons (Fsp3) is 0.417. The molecule has 0 radical (unpaired) electrons. The van der Waals surface area contributed by atoms with E-state index in [1.165, 1.54) is 0 Å². The quantitative estimate of drug-likeness (QED) is 0.649. The number of benzene rings is 1. The van der Waals surface area contributed by atoms with Crippen molar-refractivity contribution in [1.29, 1.82) is 0 Å². The van der Waals surface area contributed by atoms with Gasteiger partial charge in [-0.1, -0.05) is 0 Å². The molecule has 1 amide bonds. The van der Waals surface area contributed by atoms with E-state index in [1.807, 2.05) is 0 Å². The van der Waals surface area contributed by atoms with Gasteiger partial charge in [-0.25, -0.2) is 4.39 Å². The Morgan fingerprint density at radius 3 is 2.65 bits per heavy atom. The molecule has 3 N–H and O–H groups in total. The maximum absolute atomic E-state index is 13.8. The van der Waals surface area contributed by atoms with Crippen molar-refractivity contribution in [2.45, 2.75) is 31.3 Å². The largest absolute Gasteiger partial charge is 0.348 e. The van der Waals surface area contributed by atoms with Gasteiger partial charge in [0.25, 0.3) is 5.91 Å². The van der Waals surface area contributed by atoms with Crippen molar-refractivity contribution in [3.8, 4) is 0 Å². The average Bonchev–Trinajstić information content (AvgIpc) is 2.77. The minimum atomic E-state index is -1.35. The number of hydrogen-bond donors (Lipinski definition) is 2. The number of nitro groups is 1. The molecule has 1 aliphatic rings. The zero-order chi connectivity index (χ0) is 14.9. The molecule has 1 aromatic carbocycles. The molecule has 0 aliphatic heterocycles. The van der Waals surface area contributed by atoms with Gasteiger partial charge in [-0.05, 0) is 25.3 Å². The Balaban J connectivity index is 2.27. The summed E-state index contributed by atoms with van der Waals surface area (Å²) in [7, 11) is 0. The Hall–Kier alpha value is -2.09. The van der Waals surface area contributed by atoms with Crippen LogP contribution < -0.4 is 11.1 Å². The highest BCUT2D eigenvalue weighted by molar-refractivity contribution is 5.95. The third kappa shape index (κ3) is 2.74. The molecule has 8 heteroatoms. The van der Waals surface area contributed by atoms with Crippen LogP contribution in [0.4, 0.5) is 14.5 Å². The predicted octanol–water partition coefficient (Wildman–Crippen LogP) is 1.48. The highest BCUT2D eigenvalue weighted by Gasteiger charge is 2.29. The summed E-state index contributed by atoms with van der Waals surface area (Å²) in [6.07, 6.45) is 2.21. The normalized spacial score (nSPS) is 21.8. The van der Waals surface area contributed by atoms with Gasteiger partial charge in [0, 0.05) is 12.1 Å². The van der Waals surface area contributed by atoms with Crippen LogP contribution in [0.2, 0.25) is 0 Å². The fourth-order valence-electron chi connectivity index (χ4n) is 2.29. The Bertz CT molecular complexity index is 565. The first-order valence-electron chi connectivity index (χ1n) is 6.10. The van der Waals surface area contributed by atoms with Gasteiger partial charge in [-0.3, -0.25) is 14.9 Å². The molecule has 20 heavy (non-hydrogen) atoms. The van der Waals surface area contributed by atoms with Gasteiger partial charge in [-0.2, -0.15) is 4.39 Å². The summed E-state index contributed by atoms with van der Waals surface area (Å²) in [5, 5.41) is 13.1. The number of nitrogens with one attached hydrogen (secondary N) is 1. The van der Waals surface area contributed by atoms with Crippen molar-refractivity contribution in [3.05, 3.63) is 39.4 Å². The number of carbonyl (C=O) groups excluding carboxylic acids is 1. The van der Waals surface area contributed by atoms with Crippen LogP contribution in [0.5, 0.6) is 0 Å². The molecule has 1 aromatic rings. The first-order valence-corrected chi connectivity index (χ1v) is 6.10. The van der Waals surface area contributed by atoms with Gasteiger partial charge in [0.15, 0.2) is 0 Å². The van der Waals surface area contributed by atoms with Crippen LogP contribution in [0.3, 0.4) is 0 Å². The van der Waals surface area contributed by atoms with E-state index in [-0.39, 0.29) is 12.1 Å². The number of nitro benzene ring substituents is 1. The van der Waals surface area contributed by atoms with E-state index < -0.39 is 33.7 Å². The van der Waals surface area contributed by atoms with Crippen LogP contribution >= 0.6 is 0 Å². The van der Waals surface area contributed by atoms with Gasteiger partial charge < -0.3 is 11.1 Å². The lowest BCUT2D eigenvalue weighted by Gasteiger charge is -2.17. The van der Waals surface area contributed by atoms with Crippen molar-refractivity contribution in [1.82, 2.24) is 5.32 Å². The topological polar surface area (TPSA) is 98.3 Å². The number of rotatable bonds is 3. The molecule has 1 saturated carbocycles. The number of halogens is 2. The van der Waals surface area contributed by atoms with Gasteiger partial charge in [0.1, 0.15) is 5.82 Å². The third-order valence-electron chi connectivity index (χ3n) is 3.35. The summed E-state index contributed by atoms with van der Waals surface area (Å²) in [6.45, 7) is 0. The lowest BCUT2D eigenvalue weighted by Crippen LogP contribution is -2.44. The maximum Gasteiger partial charge on any atom is 0.308 e. The van der Waals surface area contributed by atoms with E-state index >= 15 is 0 Å². The molecule has 0 bridgehead atoms. The second-order valence-corrected chi connectivity index (χ2v) is 4.72. The Kier molecular flexibility index (Phi) is 3.93. The second kappa shape index (κ2) is 5.49. The molecular formula is C12H13F2N3O3. The van der Waals surface area contributed by atoms with E-state index in [4.69, 9.17) is 5.73 Å². The van der Waals surface area contributed by atoms with Crippen LogP contribution in [-0.4, -0.2) is 22.9 Å². The molecular weight excluding hydrogens is 272 g/mol. The lowest BCUT2D eigenvalue weighted by molar-refractivity contribution is -0.387. The van der Waals surface area contributed by atoms with Crippen molar-refractivity contribution in [3.63, 3.8) is 0 Å². The van der Waals surface area contributed by atoms with E-state index in [0.29, 0.717) is 18.6 Å². The SMILES string of the molecule is NC1CCCC1NC(=O)c1cc(F)cc([N+](=O)[O-])c1F. The number of nitrogens with two attached hydrogens (primary N) is 1. The second-order valence-electron chi connectivity index (χ2n) is 4.72. The van der Waals surface area contributed by atoms with Crippen LogP contribution in [0, 0.1) is 21.7 Å². The molecule has 0 aromatic heterocycles. The van der Waals surface area contributed by atoms with Crippen LogP contribution in [-0.2, 0) is 0 Å². The van der Waals surface area contributed by atoms with Gasteiger partial charge >= 0.3 is 5.69 Å². The summed E-state index contributed by atoms with van der Waals surface area (Å²) >= 11 is 0. The zero-order valence-corrected chi connectivity index (χ0v) is 10.4. The molecule has 2 atom stereocenters. The Labute approximate surface area is 113 Å². The molecule has 1 fully saturated rings. The number of amides is 1. The first-order chi connectivity index (χ1) is 9.40. The van der Waals surface area contributed by atoms with E-state index in [2.05, 4.69) is 5.32 Å². The molecule has 1 aliphatic carbocycles. The summed E-state index contributed by atoms with van der Waals surface area (Å²) < 4.78 is 27.1. The fourth-order valence-corrected chi connectivity index (χ4v) is 2.29. The molecule has 2 rings (SSSR count). The van der Waals surface area contributed by atoms with Gasteiger partial charge in [0.2, 0.25) is 5.82 Å². The number of hydrogen-bond acceptors (Lipinski definition) is 4. The summed E-state index contributed by atoms with van der Waals surface area (Å²) in [5.41, 5.74) is 4.01. The molecule has 6 nitrogen and oxygen atoms in total. The van der Waals surface area contributed by atoms with Crippen molar-refractivity contribution >= 4 is 11.6 Å². The van der Waals surface area contributed by atoms with Gasteiger partial charge in [-0.15, -0.1) is 0 Å². The van der Waals surface area contributed by atoms with Crippen molar-refractivity contribution < 1.29 is 18.5 Å². The maximum atomic E-state index is 13.8. The highest BCUT2D eigenvalue weighted by atomic mass is 19.1. The monoisotopic (exact) mass is 285 g/mol. The molecule has 2 unspecified atom stereocenters. The molecule has 0 saturated heterocycles. The summed E-state index contributed by atoms with van der Waals surface area (Å²) in [6, 6.07) is 0.501. The van der Waals surface area contributed by atoms with Crippen LogP contribution in [0.1, 0.15) is 29.6 Å². The summed E-state index contributed by atoms with van der Waals surface area (Å²) in [4.78, 5) is 21.4. The predicted molar refractivity (Wildman–Crippen MR) is 66.1 cm³/mol. The number of carbonyl (C=O) groups is 1. The Morgan fingerprint density at radius 1 is 1.40 bits per heavy atom. The molecule has 0 heterocycles. The molecule has 108 valence electrons. The van der Waals surface area contributed by atoms with Crippen LogP contribution in [0.15, 0.2) is 12.1 Å². The lowest BCUT2D eigenvalue weighted by atomic mass is 10.1. The standard InChI is InChI=1S/C12H13F2N3O3/c13-6-4-7(11(14)10(5-6)17(19)20)12(18)16-9-3-1-2-8(9)15/h4-5,8-9H,1-3,15H2,(H,16,18). The first kappa shape index (κ1) is 14.3. The van der Waals surface area contributed by atoms with Crippen molar-refractivity contribution in [2.24, 2.45) is 5.73 Å². The minimum absolute atomic E-state index is 0.245. The zero-order valence-electron chi connectivity index (χ0n) is 10.4. The summed E-state index contributed by atoms with van der Waals surface area (Å²) in [5.74, 6) is -3.29. The van der Waals surface area contributed by atoms with E-state index in [0.717, 1.165) is 12.8 Å². The Morgan fingerprint density at radius 2 is 2.10 bits per heavy atom. The average molecular weight is 285 g/mol.